The molecule has 0 saturated carbocycles. The number of hydrogen-bond acceptors (Lipinski definition) is 4. The molecule has 5 heteroatoms. The molecule has 1 amide bonds. The van der Waals surface area contributed by atoms with Gasteiger partial charge in [-0.25, -0.2) is 0 Å². The summed E-state index contributed by atoms with van der Waals surface area (Å²) in [4.78, 5) is 12.2. The van der Waals surface area contributed by atoms with Crippen molar-refractivity contribution in [2.24, 2.45) is 5.92 Å². The van der Waals surface area contributed by atoms with Crippen LogP contribution in [-0.4, -0.2) is 24.2 Å². The summed E-state index contributed by atoms with van der Waals surface area (Å²) in [5.74, 6) is 0.691. The molecule has 120 valence electrons. The number of fused-ring (bicyclic) bond motifs is 1. The van der Waals surface area contributed by atoms with Crippen LogP contribution in [0.1, 0.15) is 21.9 Å². The Kier molecular flexibility index (Phi) is 4.48. The van der Waals surface area contributed by atoms with E-state index in [1.165, 1.54) is 0 Å². The summed E-state index contributed by atoms with van der Waals surface area (Å²) >= 11 is 0. The van der Waals surface area contributed by atoms with E-state index in [9.17, 15) is 9.90 Å². The topological polar surface area (TPSA) is 75.6 Å². The summed E-state index contributed by atoms with van der Waals surface area (Å²) in [6, 6.07) is 11.2. The molecule has 0 aliphatic rings. The first-order valence-electron chi connectivity index (χ1n) is 7.58. The summed E-state index contributed by atoms with van der Waals surface area (Å²) in [6.45, 7) is 2.27. The van der Waals surface area contributed by atoms with Crippen LogP contribution >= 0.6 is 0 Å². The number of aryl methyl sites for hydroxylation is 1. The fourth-order valence-electron chi connectivity index (χ4n) is 2.56. The molecular weight excluding hydrogens is 294 g/mol. The largest absolute Gasteiger partial charge is 0.469 e. The lowest BCUT2D eigenvalue weighted by Gasteiger charge is -2.13. The van der Waals surface area contributed by atoms with Crippen molar-refractivity contribution < 1.29 is 18.7 Å². The van der Waals surface area contributed by atoms with Crippen molar-refractivity contribution in [2.45, 2.75) is 13.3 Å². The van der Waals surface area contributed by atoms with Crippen molar-refractivity contribution >= 4 is 16.9 Å². The van der Waals surface area contributed by atoms with Crippen molar-refractivity contribution in [2.75, 3.05) is 13.2 Å². The standard InChI is InChI=1S/C18H19NO4/c1-12-4-2-5-14-9-16(23-17(12)14)18(21)19-10-13(11-20)8-15-6-3-7-22-15/h2-7,9,13,20H,8,10-11H2,1H3,(H,19,21)/t13-/m1/s1. The summed E-state index contributed by atoms with van der Waals surface area (Å²) < 4.78 is 10.9. The molecule has 0 unspecified atom stereocenters. The second-order valence-corrected chi connectivity index (χ2v) is 5.65. The molecule has 2 N–H and O–H groups in total. The number of benzene rings is 1. The lowest BCUT2D eigenvalue weighted by atomic mass is 10.1. The Balaban J connectivity index is 1.64. The zero-order valence-electron chi connectivity index (χ0n) is 12.9. The number of hydrogen-bond donors (Lipinski definition) is 2. The molecule has 0 radical (unpaired) electrons. The lowest BCUT2D eigenvalue weighted by Crippen LogP contribution is -2.31. The first-order chi connectivity index (χ1) is 11.2. The number of furan rings is 2. The normalized spacial score (nSPS) is 12.4. The summed E-state index contributed by atoms with van der Waals surface area (Å²) in [5, 5.41) is 13.2. The van der Waals surface area contributed by atoms with E-state index in [0.29, 0.717) is 13.0 Å². The molecule has 5 nitrogen and oxygen atoms in total. The highest BCUT2D eigenvalue weighted by molar-refractivity contribution is 5.96. The molecule has 3 aromatic rings. The number of carbonyl (C=O) groups is 1. The van der Waals surface area contributed by atoms with Gasteiger partial charge in [0.05, 0.1) is 6.26 Å². The Morgan fingerprint density at radius 3 is 2.87 bits per heavy atom. The van der Waals surface area contributed by atoms with Crippen molar-refractivity contribution in [1.82, 2.24) is 5.32 Å². The third kappa shape index (κ3) is 3.46. The van der Waals surface area contributed by atoms with Crippen LogP contribution in [0.2, 0.25) is 0 Å². The molecule has 23 heavy (non-hydrogen) atoms. The third-order valence-corrected chi connectivity index (χ3v) is 3.84. The average Bonchev–Trinajstić information content (AvgIpc) is 3.21. The quantitative estimate of drug-likeness (QED) is 0.733. The molecular formula is C18H19NO4. The summed E-state index contributed by atoms with van der Waals surface area (Å²) in [7, 11) is 0. The van der Waals surface area contributed by atoms with Gasteiger partial charge in [-0.15, -0.1) is 0 Å². The zero-order chi connectivity index (χ0) is 16.2. The monoisotopic (exact) mass is 313 g/mol. The minimum absolute atomic E-state index is 0.0276. The van der Waals surface area contributed by atoms with Crippen LogP contribution in [0, 0.1) is 12.8 Å². The van der Waals surface area contributed by atoms with Gasteiger partial charge in [0.15, 0.2) is 5.76 Å². The van der Waals surface area contributed by atoms with Gasteiger partial charge in [0.2, 0.25) is 0 Å². The molecule has 0 fully saturated rings. The van der Waals surface area contributed by atoms with Crippen molar-refractivity contribution in [3.63, 3.8) is 0 Å². The summed E-state index contributed by atoms with van der Waals surface area (Å²) in [5.41, 5.74) is 1.72. The van der Waals surface area contributed by atoms with Crippen molar-refractivity contribution in [1.29, 1.82) is 0 Å². The van der Waals surface area contributed by atoms with Crippen LogP contribution in [-0.2, 0) is 6.42 Å². The Morgan fingerprint density at radius 2 is 2.17 bits per heavy atom. The van der Waals surface area contributed by atoms with Gasteiger partial charge in [0.1, 0.15) is 11.3 Å². The lowest BCUT2D eigenvalue weighted by molar-refractivity contribution is 0.0913. The van der Waals surface area contributed by atoms with Crippen LogP contribution < -0.4 is 5.32 Å². The van der Waals surface area contributed by atoms with Gasteiger partial charge in [-0.2, -0.15) is 0 Å². The van der Waals surface area contributed by atoms with E-state index in [4.69, 9.17) is 8.83 Å². The highest BCUT2D eigenvalue weighted by atomic mass is 16.3. The second kappa shape index (κ2) is 6.71. The maximum absolute atomic E-state index is 12.2. The van der Waals surface area contributed by atoms with Gasteiger partial charge in [-0.3, -0.25) is 4.79 Å². The first kappa shape index (κ1) is 15.4. The minimum Gasteiger partial charge on any atom is -0.469 e. The van der Waals surface area contributed by atoms with Crippen LogP contribution in [0.5, 0.6) is 0 Å². The van der Waals surface area contributed by atoms with Crippen molar-refractivity contribution in [3.05, 3.63) is 59.7 Å². The number of amides is 1. The molecule has 1 atom stereocenters. The van der Waals surface area contributed by atoms with Crippen molar-refractivity contribution in [3.8, 4) is 0 Å². The van der Waals surface area contributed by atoms with E-state index in [2.05, 4.69) is 5.32 Å². The van der Waals surface area contributed by atoms with E-state index < -0.39 is 0 Å². The number of carbonyl (C=O) groups excluding carboxylic acids is 1. The minimum atomic E-state index is -0.279. The molecule has 3 rings (SSSR count). The maximum atomic E-state index is 12.2. The predicted octanol–water partition coefficient (Wildman–Crippen LogP) is 2.92. The molecule has 1 aromatic carbocycles. The molecule has 2 aromatic heterocycles. The van der Waals surface area contributed by atoms with E-state index >= 15 is 0 Å². The SMILES string of the molecule is Cc1cccc2cc(C(=O)NC[C@H](CO)Cc3ccco3)oc12. The fourth-order valence-corrected chi connectivity index (χ4v) is 2.56. The van der Waals surface area contributed by atoms with Gasteiger partial charge >= 0.3 is 0 Å². The Morgan fingerprint density at radius 1 is 1.30 bits per heavy atom. The van der Waals surface area contributed by atoms with Gasteiger partial charge in [-0.1, -0.05) is 18.2 Å². The number of para-hydroxylation sites is 1. The van der Waals surface area contributed by atoms with Crippen LogP contribution in [0.15, 0.2) is 51.5 Å². The van der Waals surface area contributed by atoms with Crippen LogP contribution in [0.25, 0.3) is 11.0 Å². The number of rotatable bonds is 6. The highest BCUT2D eigenvalue weighted by Crippen LogP contribution is 2.22. The zero-order valence-corrected chi connectivity index (χ0v) is 12.9. The molecule has 0 aliphatic heterocycles. The molecule has 0 aliphatic carbocycles. The van der Waals surface area contributed by atoms with E-state index in [1.54, 1.807) is 18.4 Å². The average molecular weight is 313 g/mol. The maximum Gasteiger partial charge on any atom is 0.287 e. The second-order valence-electron chi connectivity index (χ2n) is 5.65. The molecule has 2 heterocycles. The van der Waals surface area contributed by atoms with Gasteiger partial charge in [0.25, 0.3) is 5.91 Å². The Hall–Kier alpha value is -2.53. The Labute approximate surface area is 133 Å². The molecule has 0 bridgehead atoms. The van der Waals surface area contributed by atoms with Gasteiger partial charge < -0.3 is 19.3 Å². The van der Waals surface area contributed by atoms with E-state index in [0.717, 1.165) is 22.3 Å². The highest BCUT2D eigenvalue weighted by Gasteiger charge is 2.16. The first-order valence-corrected chi connectivity index (χ1v) is 7.58. The Bertz CT molecular complexity index is 789. The predicted molar refractivity (Wildman–Crippen MR) is 86.3 cm³/mol. The number of aliphatic hydroxyl groups excluding tert-OH is 1. The van der Waals surface area contributed by atoms with Gasteiger partial charge in [-0.05, 0) is 30.7 Å². The van der Waals surface area contributed by atoms with E-state index in [1.807, 2.05) is 31.2 Å². The van der Waals surface area contributed by atoms with Gasteiger partial charge in [0, 0.05) is 30.9 Å². The van der Waals surface area contributed by atoms with Crippen LogP contribution in [0.4, 0.5) is 0 Å². The molecule has 0 saturated heterocycles. The smallest absolute Gasteiger partial charge is 0.287 e. The fraction of sp³-hybridized carbons (Fsp3) is 0.278. The molecule has 0 spiro atoms. The van der Waals surface area contributed by atoms with Crippen LogP contribution in [0.3, 0.4) is 0 Å². The third-order valence-electron chi connectivity index (χ3n) is 3.84. The van der Waals surface area contributed by atoms with E-state index in [-0.39, 0.29) is 24.2 Å². The number of aliphatic hydroxyl groups is 1. The summed E-state index contributed by atoms with van der Waals surface area (Å²) in [6.07, 6.45) is 2.17. The number of nitrogens with one attached hydrogen (secondary N) is 1.